The van der Waals surface area contributed by atoms with Gasteiger partial charge in [-0.15, -0.1) is 0 Å². The minimum absolute atomic E-state index is 0.133. The lowest BCUT2D eigenvalue weighted by Crippen LogP contribution is -2.44. The molecular weight excluding hydrogens is 490 g/mol. The monoisotopic (exact) mass is 515 g/mol. The Morgan fingerprint density at radius 2 is 1.43 bits per heavy atom. The summed E-state index contributed by atoms with van der Waals surface area (Å²) in [6.07, 6.45) is 0.133. The van der Waals surface area contributed by atoms with Gasteiger partial charge in [-0.25, -0.2) is 4.79 Å². The van der Waals surface area contributed by atoms with E-state index in [2.05, 4.69) is 5.32 Å². The Hall–Kier alpha value is -4.29. The second kappa shape index (κ2) is 12.6. The third kappa shape index (κ3) is 7.85. The summed E-state index contributed by atoms with van der Waals surface area (Å²) in [5.74, 6) is -0.463. The molecule has 4 rings (SSSR count). The van der Waals surface area contributed by atoms with Gasteiger partial charge in [0.15, 0.2) is 6.61 Å². The van der Waals surface area contributed by atoms with Crippen LogP contribution in [0.25, 0.3) is 11.1 Å². The van der Waals surface area contributed by atoms with Gasteiger partial charge in [-0.2, -0.15) is 0 Å². The molecule has 0 radical (unpaired) electrons. The Morgan fingerprint density at radius 1 is 0.757 bits per heavy atom. The molecule has 4 aromatic rings. The quantitative estimate of drug-likeness (QED) is 0.264. The van der Waals surface area contributed by atoms with Crippen LogP contribution in [-0.2, 0) is 22.6 Å². The Kier molecular flexibility index (Phi) is 8.79. The van der Waals surface area contributed by atoms with E-state index < -0.39 is 17.9 Å². The van der Waals surface area contributed by atoms with Crippen molar-refractivity contribution in [2.75, 3.05) is 6.61 Å². The Labute approximate surface area is 220 Å². The number of carboxylic acid groups (broad SMARTS) is 1. The van der Waals surface area contributed by atoms with Gasteiger partial charge in [-0.1, -0.05) is 78.3 Å². The lowest BCUT2D eigenvalue weighted by Gasteiger charge is -2.15. The maximum Gasteiger partial charge on any atom is 0.326 e. The zero-order valence-electron chi connectivity index (χ0n) is 20.0. The molecule has 0 saturated carbocycles. The molecule has 6 nitrogen and oxygen atoms in total. The fourth-order valence-corrected chi connectivity index (χ4v) is 3.89. The third-order valence-electron chi connectivity index (χ3n) is 5.63. The van der Waals surface area contributed by atoms with Gasteiger partial charge in [0, 0.05) is 11.4 Å². The molecule has 0 aliphatic rings. The number of amides is 1. The predicted octanol–water partition coefficient (Wildman–Crippen LogP) is 5.78. The van der Waals surface area contributed by atoms with Crippen LogP contribution in [0.4, 0.5) is 0 Å². The summed E-state index contributed by atoms with van der Waals surface area (Å²) in [7, 11) is 0. The van der Waals surface area contributed by atoms with Crippen molar-refractivity contribution in [3.05, 3.63) is 119 Å². The number of nitrogens with one attached hydrogen (secondary N) is 1. The van der Waals surface area contributed by atoms with Crippen LogP contribution in [0.2, 0.25) is 5.02 Å². The summed E-state index contributed by atoms with van der Waals surface area (Å²) in [5, 5.41) is 12.8. The lowest BCUT2D eigenvalue weighted by molar-refractivity contribution is -0.142. The van der Waals surface area contributed by atoms with E-state index >= 15 is 0 Å². The SMILES string of the molecule is O=C(COc1ccc(-c2cccc(Cl)c2)cc1)N[C@@H](Cc1ccc(OCc2ccccc2)cc1)C(=O)O. The first-order valence-corrected chi connectivity index (χ1v) is 12.1. The summed E-state index contributed by atoms with van der Waals surface area (Å²) < 4.78 is 11.3. The molecule has 7 heteroatoms. The molecule has 0 aromatic heterocycles. The first-order valence-electron chi connectivity index (χ1n) is 11.7. The van der Waals surface area contributed by atoms with Crippen LogP contribution >= 0.6 is 11.6 Å². The summed E-state index contributed by atoms with van der Waals surface area (Å²) >= 11 is 6.05. The number of carboxylic acids is 1. The van der Waals surface area contributed by atoms with Gasteiger partial charge in [-0.05, 0) is 58.7 Å². The number of rotatable bonds is 11. The van der Waals surface area contributed by atoms with Crippen LogP contribution in [0.1, 0.15) is 11.1 Å². The normalized spacial score (nSPS) is 11.4. The molecule has 0 bridgehead atoms. The fourth-order valence-electron chi connectivity index (χ4n) is 3.69. The molecule has 1 amide bonds. The highest BCUT2D eigenvalue weighted by Crippen LogP contribution is 2.25. The summed E-state index contributed by atoms with van der Waals surface area (Å²) in [6, 6.07) is 30.6. The summed E-state index contributed by atoms with van der Waals surface area (Å²) in [6.45, 7) is 0.143. The van der Waals surface area contributed by atoms with E-state index in [1.54, 1.807) is 36.4 Å². The van der Waals surface area contributed by atoms with E-state index in [1.807, 2.05) is 66.7 Å². The number of carbonyl (C=O) groups is 2. The predicted molar refractivity (Wildman–Crippen MR) is 143 cm³/mol. The number of hydrogen-bond acceptors (Lipinski definition) is 4. The summed E-state index contributed by atoms with van der Waals surface area (Å²) in [4.78, 5) is 24.1. The van der Waals surface area contributed by atoms with Crippen molar-refractivity contribution >= 4 is 23.5 Å². The van der Waals surface area contributed by atoms with Crippen LogP contribution in [-0.4, -0.2) is 29.6 Å². The van der Waals surface area contributed by atoms with E-state index in [9.17, 15) is 14.7 Å². The smallest absolute Gasteiger partial charge is 0.326 e. The van der Waals surface area contributed by atoms with E-state index in [-0.39, 0.29) is 13.0 Å². The number of halogens is 1. The molecule has 1 atom stereocenters. The third-order valence-corrected chi connectivity index (χ3v) is 5.86. The average molecular weight is 516 g/mol. The molecule has 0 spiro atoms. The Morgan fingerprint density at radius 3 is 2.11 bits per heavy atom. The maximum atomic E-state index is 12.4. The van der Waals surface area contributed by atoms with Crippen LogP contribution in [0.3, 0.4) is 0 Å². The Balaban J connectivity index is 1.26. The Bertz CT molecular complexity index is 1320. The van der Waals surface area contributed by atoms with Crippen molar-refractivity contribution in [3.8, 4) is 22.6 Å². The van der Waals surface area contributed by atoms with Gasteiger partial charge in [0.05, 0.1) is 0 Å². The van der Waals surface area contributed by atoms with Crippen molar-refractivity contribution in [2.45, 2.75) is 19.1 Å². The first kappa shape index (κ1) is 25.8. The molecule has 0 aliphatic heterocycles. The number of aliphatic carboxylic acids is 1. The highest BCUT2D eigenvalue weighted by molar-refractivity contribution is 6.30. The van der Waals surface area contributed by atoms with Gasteiger partial charge in [0.1, 0.15) is 24.1 Å². The first-order chi connectivity index (χ1) is 18.0. The van der Waals surface area contributed by atoms with Crippen LogP contribution in [0.5, 0.6) is 11.5 Å². The zero-order chi connectivity index (χ0) is 26.0. The number of carbonyl (C=O) groups excluding carboxylic acids is 1. The number of ether oxygens (including phenoxy) is 2. The largest absolute Gasteiger partial charge is 0.489 e. The van der Waals surface area contributed by atoms with Crippen molar-refractivity contribution in [2.24, 2.45) is 0 Å². The second-order valence-electron chi connectivity index (χ2n) is 8.40. The lowest BCUT2D eigenvalue weighted by atomic mass is 10.1. The van der Waals surface area contributed by atoms with Gasteiger partial charge >= 0.3 is 5.97 Å². The van der Waals surface area contributed by atoms with Gasteiger partial charge in [0.2, 0.25) is 0 Å². The molecule has 0 fully saturated rings. The standard InChI is InChI=1S/C30H26ClNO5/c31-25-8-4-7-24(18-25)23-11-15-27(16-12-23)37-20-29(33)32-28(30(34)35)17-21-9-13-26(14-10-21)36-19-22-5-2-1-3-6-22/h1-16,18,28H,17,19-20H2,(H,32,33)(H,34,35)/t28-/m0/s1. The number of benzene rings is 4. The molecule has 0 aliphatic carbocycles. The van der Waals surface area contributed by atoms with Crippen LogP contribution < -0.4 is 14.8 Å². The zero-order valence-corrected chi connectivity index (χ0v) is 20.7. The van der Waals surface area contributed by atoms with Crippen molar-refractivity contribution < 1.29 is 24.2 Å². The van der Waals surface area contributed by atoms with Gasteiger partial charge in [0.25, 0.3) is 5.91 Å². The van der Waals surface area contributed by atoms with Crippen molar-refractivity contribution in [1.82, 2.24) is 5.32 Å². The molecule has 2 N–H and O–H groups in total. The molecule has 4 aromatic carbocycles. The highest BCUT2D eigenvalue weighted by atomic mass is 35.5. The van der Waals surface area contributed by atoms with Crippen molar-refractivity contribution in [1.29, 1.82) is 0 Å². The summed E-state index contributed by atoms with van der Waals surface area (Å²) in [5.41, 5.74) is 3.75. The molecular formula is C30H26ClNO5. The molecule has 37 heavy (non-hydrogen) atoms. The van der Waals surface area contributed by atoms with Gasteiger partial charge in [-0.3, -0.25) is 4.79 Å². The van der Waals surface area contributed by atoms with Crippen LogP contribution in [0.15, 0.2) is 103 Å². The fraction of sp³-hybridized carbons (Fsp3) is 0.133. The van der Waals surface area contributed by atoms with E-state index in [0.717, 1.165) is 22.3 Å². The number of hydrogen-bond donors (Lipinski definition) is 2. The molecule has 0 heterocycles. The molecule has 188 valence electrons. The van der Waals surface area contributed by atoms with Crippen LogP contribution in [0, 0.1) is 0 Å². The van der Waals surface area contributed by atoms with E-state index in [1.165, 1.54) is 0 Å². The van der Waals surface area contributed by atoms with Crippen molar-refractivity contribution in [3.63, 3.8) is 0 Å². The minimum atomic E-state index is -1.12. The van der Waals surface area contributed by atoms with E-state index in [0.29, 0.717) is 23.1 Å². The van der Waals surface area contributed by atoms with E-state index in [4.69, 9.17) is 21.1 Å². The highest BCUT2D eigenvalue weighted by Gasteiger charge is 2.20. The topological polar surface area (TPSA) is 84.9 Å². The maximum absolute atomic E-state index is 12.4. The second-order valence-corrected chi connectivity index (χ2v) is 8.84. The average Bonchev–Trinajstić information content (AvgIpc) is 2.92. The minimum Gasteiger partial charge on any atom is -0.489 e. The molecule has 0 saturated heterocycles. The molecule has 0 unspecified atom stereocenters. The van der Waals surface area contributed by atoms with Gasteiger partial charge < -0.3 is 19.9 Å².